The summed E-state index contributed by atoms with van der Waals surface area (Å²) in [5.41, 5.74) is 0. The van der Waals surface area contributed by atoms with Crippen molar-refractivity contribution in [1.82, 2.24) is 9.29 Å². The Labute approximate surface area is 138 Å². The number of halogens is 3. The molecule has 0 aliphatic rings. The van der Waals surface area contributed by atoms with E-state index in [4.69, 9.17) is 16.0 Å². The molecule has 0 aliphatic carbocycles. The van der Waals surface area contributed by atoms with E-state index in [0.717, 1.165) is 4.31 Å². The van der Waals surface area contributed by atoms with Gasteiger partial charge in [0, 0.05) is 17.7 Å². The normalized spacial score (nSPS) is 12.1. The van der Waals surface area contributed by atoms with Crippen LogP contribution in [0.15, 0.2) is 42.9 Å². The van der Waals surface area contributed by atoms with Crippen molar-refractivity contribution >= 4 is 53.5 Å². The lowest BCUT2D eigenvalue weighted by Crippen LogP contribution is -2.26. The second-order valence-corrected chi connectivity index (χ2v) is 7.98. The predicted octanol–water partition coefficient (Wildman–Crippen LogP) is 3.67. The topological polar surface area (TPSA) is 63.4 Å². The molecule has 0 N–H and O–H groups in total. The smallest absolute Gasteiger partial charge is 0.246 e. The Morgan fingerprint density at radius 1 is 1.40 bits per heavy atom. The maximum absolute atomic E-state index is 12.4. The number of aromatic nitrogens is 1. The molecule has 0 saturated carbocycles. The number of pyridine rings is 1. The molecule has 0 atom stereocenters. The summed E-state index contributed by atoms with van der Waals surface area (Å²) in [6, 6.07) is 4.81. The van der Waals surface area contributed by atoms with Crippen LogP contribution < -0.4 is 0 Å². The minimum atomic E-state index is -3.75. The van der Waals surface area contributed by atoms with Gasteiger partial charge < -0.3 is 4.42 Å². The van der Waals surface area contributed by atoms with E-state index in [2.05, 4.69) is 36.8 Å². The van der Waals surface area contributed by atoms with Gasteiger partial charge >= 0.3 is 0 Å². The quantitative estimate of drug-likeness (QED) is 0.675. The van der Waals surface area contributed by atoms with Crippen LogP contribution in [0.25, 0.3) is 0 Å². The zero-order valence-electron chi connectivity index (χ0n) is 10.2. The Morgan fingerprint density at radius 3 is 2.70 bits per heavy atom. The maximum atomic E-state index is 12.4. The van der Waals surface area contributed by atoms with Gasteiger partial charge in [-0.25, -0.2) is 13.4 Å². The van der Waals surface area contributed by atoms with Crippen LogP contribution in [-0.2, 0) is 16.6 Å². The summed E-state index contributed by atoms with van der Waals surface area (Å²) in [7, 11) is -2.30. The van der Waals surface area contributed by atoms with E-state index in [9.17, 15) is 8.42 Å². The maximum Gasteiger partial charge on any atom is 0.246 e. The fourth-order valence-electron chi connectivity index (χ4n) is 1.49. The van der Waals surface area contributed by atoms with Gasteiger partial charge in [-0.3, -0.25) is 0 Å². The number of sulfonamides is 1. The van der Waals surface area contributed by atoms with Crippen LogP contribution in [0.5, 0.6) is 0 Å². The fourth-order valence-corrected chi connectivity index (χ4v) is 3.89. The van der Waals surface area contributed by atoms with E-state index in [0.29, 0.717) is 14.9 Å². The lowest BCUT2D eigenvalue weighted by atomic mass is 10.4. The van der Waals surface area contributed by atoms with E-state index >= 15 is 0 Å². The minimum Gasteiger partial charge on any atom is -0.453 e. The molecule has 5 nitrogen and oxygen atoms in total. The third-order valence-electron chi connectivity index (χ3n) is 2.47. The van der Waals surface area contributed by atoms with Crippen molar-refractivity contribution in [3.63, 3.8) is 0 Å². The summed E-state index contributed by atoms with van der Waals surface area (Å²) in [5, 5.41) is -0.0688. The van der Waals surface area contributed by atoms with Crippen molar-refractivity contribution < 1.29 is 12.8 Å². The van der Waals surface area contributed by atoms with Gasteiger partial charge in [-0.1, -0.05) is 11.6 Å². The van der Waals surface area contributed by atoms with Crippen LogP contribution in [0.2, 0.25) is 5.15 Å². The van der Waals surface area contributed by atoms with Crippen molar-refractivity contribution in [2.24, 2.45) is 0 Å². The SMILES string of the molecule is CN(Cc1ccc(Br)o1)S(=O)(=O)c1cc(Br)cnc1Cl. The van der Waals surface area contributed by atoms with Gasteiger partial charge in [0.25, 0.3) is 0 Å². The highest BCUT2D eigenvalue weighted by atomic mass is 79.9. The standard InChI is InChI=1S/C11H9Br2ClN2O3S/c1-16(6-8-2-3-10(13)19-8)20(17,18)9-4-7(12)5-15-11(9)14/h2-5H,6H2,1H3. The largest absolute Gasteiger partial charge is 0.453 e. The van der Waals surface area contributed by atoms with Crippen molar-refractivity contribution in [2.45, 2.75) is 11.4 Å². The van der Waals surface area contributed by atoms with Crippen molar-refractivity contribution in [1.29, 1.82) is 0 Å². The average Bonchev–Trinajstić information content (AvgIpc) is 2.77. The van der Waals surface area contributed by atoms with Gasteiger partial charge in [-0.05, 0) is 50.1 Å². The summed E-state index contributed by atoms with van der Waals surface area (Å²) < 4.78 is 32.4. The Morgan fingerprint density at radius 2 is 2.10 bits per heavy atom. The van der Waals surface area contributed by atoms with E-state index in [1.807, 2.05) is 0 Å². The summed E-state index contributed by atoms with van der Waals surface area (Å²) in [6.07, 6.45) is 1.44. The molecule has 9 heteroatoms. The average molecular weight is 445 g/mol. The molecule has 0 saturated heterocycles. The molecule has 0 amide bonds. The Hall–Kier alpha value is -0.410. The Balaban J connectivity index is 2.32. The van der Waals surface area contributed by atoms with E-state index < -0.39 is 10.0 Å². The third kappa shape index (κ3) is 3.43. The highest BCUT2D eigenvalue weighted by Gasteiger charge is 2.25. The zero-order valence-corrected chi connectivity index (χ0v) is 14.9. The van der Waals surface area contributed by atoms with E-state index in [1.165, 1.54) is 19.3 Å². The van der Waals surface area contributed by atoms with Gasteiger partial charge in [0.05, 0.1) is 6.54 Å². The Bertz CT molecular complexity index is 733. The fraction of sp³-hybridized carbons (Fsp3) is 0.182. The number of nitrogens with zero attached hydrogens (tertiary/aromatic N) is 2. The van der Waals surface area contributed by atoms with Gasteiger partial charge in [0.2, 0.25) is 10.0 Å². The van der Waals surface area contributed by atoms with Crippen LogP contribution in [0.1, 0.15) is 5.76 Å². The molecule has 2 heterocycles. The lowest BCUT2D eigenvalue weighted by molar-refractivity contribution is 0.398. The molecule has 0 fully saturated rings. The number of hydrogen-bond donors (Lipinski definition) is 0. The first-order chi connectivity index (χ1) is 9.30. The van der Waals surface area contributed by atoms with Crippen molar-refractivity contribution in [2.75, 3.05) is 7.05 Å². The van der Waals surface area contributed by atoms with Crippen LogP contribution in [-0.4, -0.2) is 24.8 Å². The third-order valence-corrected chi connectivity index (χ3v) is 5.56. The molecule has 0 aromatic carbocycles. The summed E-state index contributed by atoms with van der Waals surface area (Å²) in [6.45, 7) is 0.0940. The lowest BCUT2D eigenvalue weighted by Gasteiger charge is -2.16. The van der Waals surface area contributed by atoms with E-state index in [-0.39, 0.29) is 16.6 Å². The second kappa shape index (κ2) is 6.15. The molecule has 0 aliphatic heterocycles. The minimum absolute atomic E-state index is 0.0540. The predicted molar refractivity (Wildman–Crippen MR) is 82.0 cm³/mol. The monoisotopic (exact) mass is 442 g/mol. The molecule has 0 unspecified atom stereocenters. The summed E-state index contributed by atoms with van der Waals surface area (Å²) in [4.78, 5) is 3.77. The number of hydrogen-bond acceptors (Lipinski definition) is 4. The first-order valence-corrected chi connectivity index (χ1v) is 8.72. The van der Waals surface area contributed by atoms with Crippen LogP contribution >= 0.6 is 43.5 Å². The molecule has 0 bridgehead atoms. The molecule has 2 aromatic heterocycles. The Kier molecular flexibility index (Phi) is 4.91. The first kappa shape index (κ1) is 16.0. The highest BCUT2D eigenvalue weighted by molar-refractivity contribution is 9.10. The molecule has 0 radical (unpaired) electrons. The molecule has 0 spiro atoms. The van der Waals surface area contributed by atoms with Crippen LogP contribution in [0.3, 0.4) is 0 Å². The molecular weight excluding hydrogens is 435 g/mol. The van der Waals surface area contributed by atoms with E-state index in [1.54, 1.807) is 12.1 Å². The van der Waals surface area contributed by atoms with Crippen LogP contribution in [0, 0.1) is 0 Å². The molecule has 2 aromatic rings. The molecular formula is C11H9Br2ClN2O3S. The van der Waals surface area contributed by atoms with Crippen LogP contribution in [0.4, 0.5) is 0 Å². The zero-order chi connectivity index (χ0) is 14.9. The van der Waals surface area contributed by atoms with Gasteiger partial charge in [0.1, 0.15) is 15.8 Å². The summed E-state index contributed by atoms with van der Waals surface area (Å²) in [5.74, 6) is 0.516. The van der Waals surface area contributed by atoms with Gasteiger partial charge in [0.15, 0.2) is 4.67 Å². The van der Waals surface area contributed by atoms with Crippen molar-refractivity contribution in [3.05, 3.63) is 44.5 Å². The first-order valence-electron chi connectivity index (χ1n) is 5.32. The van der Waals surface area contributed by atoms with Gasteiger partial charge in [-0.15, -0.1) is 0 Å². The summed E-state index contributed by atoms with van der Waals surface area (Å²) >= 11 is 12.2. The number of rotatable bonds is 4. The number of furan rings is 1. The second-order valence-electron chi connectivity index (χ2n) is 3.91. The molecule has 108 valence electrons. The molecule has 2 rings (SSSR count). The molecule has 20 heavy (non-hydrogen) atoms. The highest BCUT2D eigenvalue weighted by Crippen LogP contribution is 2.26. The van der Waals surface area contributed by atoms with Crippen molar-refractivity contribution in [3.8, 4) is 0 Å². The van der Waals surface area contributed by atoms with Gasteiger partial charge in [-0.2, -0.15) is 4.31 Å².